The molecule has 6 nitrogen and oxygen atoms in total. The number of rotatable bonds is 6. The van der Waals surface area contributed by atoms with Crippen molar-refractivity contribution in [3.05, 3.63) is 87.9 Å². The van der Waals surface area contributed by atoms with E-state index in [4.69, 9.17) is 16.3 Å². The van der Waals surface area contributed by atoms with Crippen molar-refractivity contribution in [1.82, 2.24) is 9.55 Å². The first-order chi connectivity index (χ1) is 15.5. The molecule has 4 aromatic rings. The van der Waals surface area contributed by atoms with E-state index in [9.17, 15) is 14.0 Å². The number of hydrogen-bond donors (Lipinski definition) is 1. The van der Waals surface area contributed by atoms with Gasteiger partial charge in [0.2, 0.25) is 5.91 Å². The molecule has 1 aromatic heterocycles. The number of fused-ring (bicyclic) bond motifs is 1. The number of ether oxygens (including phenoxy) is 1. The zero-order valence-corrected chi connectivity index (χ0v) is 18.4. The van der Waals surface area contributed by atoms with Crippen LogP contribution in [0.25, 0.3) is 16.6 Å². The molecule has 1 heterocycles. The van der Waals surface area contributed by atoms with Crippen molar-refractivity contribution >= 4 is 45.9 Å². The number of benzene rings is 3. The number of halogens is 2. The Labute approximate surface area is 192 Å². The maximum absolute atomic E-state index is 13.7. The van der Waals surface area contributed by atoms with Gasteiger partial charge in [0, 0.05) is 0 Å². The number of thioether (sulfide) groups is 1. The van der Waals surface area contributed by atoms with E-state index in [1.807, 2.05) is 0 Å². The monoisotopic (exact) mass is 469 g/mol. The lowest BCUT2D eigenvalue weighted by molar-refractivity contribution is -0.113. The lowest BCUT2D eigenvalue weighted by atomic mass is 10.2. The van der Waals surface area contributed by atoms with Crippen LogP contribution < -0.4 is 15.6 Å². The van der Waals surface area contributed by atoms with Crippen molar-refractivity contribution < 1.29 is 13.9 Å². The van der Waals surface area contributed by atoms with Crippen LogP contribution in [0.4, 0.5) is 10.1 Å². The molecule has 0 aliphatic rings. The standard InChI is InChI=1S/C23H17ClFN3O3S/c1-31-20-9-5-4-8-19(20)26-21(29)13-32-23-27-18-7-3-2-6-15(18)22(30)28(23)14-10-11-17(25)16(24)12-14/h2-12H,13H2,1H3,(H,26,29). The summed E-state index contributed by atoms with van der Waals surface area (Å²) in [6.45, 7) is 0. The van der Waals surface area contributed by atoms with Crippen molar-refractivity contribution in [2.24, 2.45) is 0 Å². The molecule has 0 fully saturated rings. The highest BCUT2D eigenvalue weighted by Crippen LogP contribution is 2.26. The van der Waals surface area contributed by atoms with Crippen molar-refractivity contribution in [3.63, 3.8) is 0 Å². The van der Waals surface area contributed by atoms with Gasteiger partial charge < -0.3 is 10.1 Å². The van der Waals surface area contributed by atoms with Crippen molar-refractivity contribution in [3.8, 4) is 11.4 Å². The number of methoxy groups -OCH3 is 1. The number of para-hydroxylation sites is 3. The molecule has 0 spiro atoms. The molecular weight excluding hydrogens is 453 g/mol. The molecule has 0 atom stereocenters. The van der Waals surface area contributed by atoms with Crippen LogP contribution in [0.2, 0.25) is 5.02 Å². The summed E-state index contributed by atoms with van der Waals surface area (Å²) in [7, 11) is 1.52. The second-order valence-electron chi connectivity index (χ2n) is 6.69. The van der Waals surface area contributed by atoms with E-state index in [2.05, 4.69) is 10.3 Å². The number of carbonyl (C=O) groups excluding carboxylic acids is 1. The van der Waals surface area contributed by atoms with Crippen LogP contribution in [-0.2, 0) is 4.79 Å². The van der Waals surface area contributed by atoms with Gasteiger partial charge >= 0.3 is 0 Å². The smallest absolute Gasteiger partial charge is 0.266 e. The van der Waals surface area contributed by atoms with Crippen molar-refractivity contribution in [1.29, 1.82) is 0 Å². The van der Waals surface area contributed by atoms with Gasteiger partial charge in [-0.3, -0.25) is 14.2 Å². The van der Waals surface area contributed by atoms with E-state index in [-0.39, 0.29) is 27.4 Å². The van der Waals surface area contributed by atoms with E-state index in [1.165, 1.54) is 29.9 Å². The largest absolute Gasteiger partial charge is 0.495 e. The number of carbonyl (C=O) groups is 1. The predicted molar refractivity (Wildman–Crippen MR) is 125 cm³/mol. The molecule has 0 unspecified atom stereocenters. The SMILES string of the molecule is COc1ccccc1NC(=O)CSc1nc2ccccc2c(=O)n1-c1ccc(F)c(Cl)c1. The first-order valence-corrected chi connectivity index (χ1v) is 10.9. The maximum Gasteiger partial charge on any atom is 0.266 e. The van der Waals surface area contributed by atoms with Crippen LogP contribution in [0, 0.1) is 5.82 Å². The second kappa shape index (κ2) is 9.42. The molecule has 162 valence electrons. The average Bonchev–Trinajstić information content (AvgIpc) is 2.80. The quantitative estimate of drug-likeness (QED) is 0.320. The second-order valence-corrected chi connectivity index (χ2v) is 8.04. The zero-order valence-electron chi connectivity index (χ0n) is 16.8. The molecule has 0 radical (unpaired) electrons. The highest BCUT2D eigenvalue weighted by atomic mass is 35.5. The van der Waals surface area contributed by atoms with Gasteiger partial charge in [-0.2, -0.15) is 0 Å². The van der Waals surface area contributed by atoms with Crippen molar-refractivity contribution in [2.45, 2.75) is 5.16 Å². The topological polar surface area (TPSA) is 73.2 Å². The maximum atomic E-state index is 13.7. The summed E-state index contributed by atoms with van der Waals surface area (Å²) in [5, 5.41) is 3.35. The molecule has 0 saturated heterocycles. The first kappa shape index (κ1) is 21.9. The Morgan fingerprint density at radius 3 is 2.69 bits per heavy atom. The number of nitrogens with zero attached hydrogens (tertiary/aromatic N) is 2. The number of anilines is 1. The lowest BCUT2D eigenvalue weighted by Crippen LogP contribution is -2.23. The van der Waals surface area contributed by atoms with E-state index in [0.29, 0.717) is 28.0 Å². The lowest BCUT2D eigenvalue weighted by Gasteiger charge is -2.14. The van der Waals surface area contributed by atoms with Crippen LogP contribution in [0.3, 0.4) is 0 Å². The fourth-order valence-electron chi connectivity index (χ4n) is 3.13. The Balaban J connectivity index is 1.69. The Bertz CT molecular complexity index is 1380. The molecule has 9 heteroatoms. The molecule has 0 bridgehead atoms. The van der Waals surface area contributed by atoms with Gasteiger partial charge in [0.05, 0.1) is 40.2 Å². The minimum absolute atomic E-state index is 0.0161. The van der Waals surface area contributed by atoms with E-state index in [1.54, 1.807) is 48.5 Å². The summed E-state index contributed by atoms with van der Waals surface area (Å²) in [6.07, 6.45) is 0. The zero-order chi connectivity index (χ0) is 22.7. The third kappa shape index (κ3) is 4.46. The summed E-state index contributed by atoms with van der Waals surface area (Å²) >= 11 is 7.02. The van der Waals surface area contributed by atoms with Gasteiger partial charge in [-0.15, -0.1) is 0 Å². The molecule has 1 amide bonds. The number of aromatic nitrogens is 2. The van der Waals surface area contributed by atoms with E-state index < -0.39 is 5.82 Å². The minimum Gasteiger partial charge on any atom is -0.495 e. The van der Waals surface area contributed by atoms with Gasteiger partial charge in [0.25, 0.3) is 5.56 Å². The fraction of sp³-hybridized carbons (Fsp3) is 0.0870. The Kier molecular flexibility index (Phi) is 6.43. The third-order valence-electron chi connectivity index (χ3n) is 4.62. The van der Waals surface area contributed by atoms with E-state index in [0.717, 1.165) is 11.8 Å². The van der Waals surface area contributed by atoms with Crippen LogP contribution in [0.5, 0.6) is 5.75 Å². The highest BCUT2D eigenvalue weighted by Gasteiger charge is 2.16. The van der Waals surface area contributed by atoms with Crippen LogP contribution >= 0.6 is 23.4 Å². The van der Waals surface area contributed by atoms with Crippen molar-refractivity contribution in [2.75, 3.05) is 18.2 Å². The Morgan fingerprint density at radius 1 is 1.16 bits per heavy atom. The summed E-state index contributed by atoms with van der Waals surface area (Å²) < 4.78 is 20.3. The molecule has 4 rings (SSSR count). The summed E-state index contributed by atoms with van der Waals surface area (Å²) in [5.74, 6) is -0.377. The Hall–Kier alpha value is -3.36. The molecule has 0 aliphatic carbocycles. The fourth-order valence-corrected chi connectivity index (χ4v) is 4.11. The molecule has 0 aliphatic heterocycles. The molecular formula is C23H17ClFN3O3S. The van der Waals surface area contributed by atoms with Crippen LogP contribution in [0.1, 0.15) is 0 Å². The van der Waals surface area contributed by atoms with Gasteiger partial charge in [0.15, 0.2) is 5.16 Å². The van der Waals surface area contributed by atoms with Gasteiger partial charge in [-0.05, 0) is 42.5 Å². The van der Waals surface area contributed by atoms with Gasteiger partial charge in [0.1, 0.15) is 11.6 Å². The number of nitrogens with one attached hydrogen (secondary N) is 1. The molecule has 3 aromatic carbocycles. The molecule has 0 saturated carbocycles. The third-order valence-corrected chi connectivity index (χ3v) is 5.85. The minimum atomic E-state index is -0.595. The number of amides is 1. The highest BCUT2D eigenvalue weighted by molar-refractivity contribution is 7.99. The summed E-state index contributed by atoms with van der Waals surface area (Å²) in [5.41, 5.74) is 1.04. The Morgan fingerprint density at radius 2 is 1.91 bits per heavy atom. The molecule has 32 heavy (non-hydrogen) atoms. The first-order valence-electron chi connectivity index (χ1n) is 9.51. The number of hydrogen-bond acceptors (Lipinski definition) is 5. The predicted octanol–water partition coefficient (Wildman–Crippen LogP) is 4.92. The van der Waals surface area contributed by atoms with E-state index >= 15 is 0 Å². The molecule has 1 N–H and O–H groups in total. The normalized spacial score (nSPS) is 10.8. The summed E-state index contributed by atoms with van der Waals surface area (Å²) in [6, 6.07) is 17.9. The van der Waals surface area contributed by atoms with Gasteiger partial charge in [-0.1, -0.05) is 47.6 Å². The van der Waals surface area contributed by atoms with Crippen LogP contribution in [0.15, 0.2) is 76.7 Å². The summed E-state index contributed by atoms with van der Waals surface area (Å²) in [4.78, 5) is 30.4. The van der Waals surface area contributed by atoms with Crippen LogP contribution in [-0.4, -0.2) is 28.3 Å². The average molecular weight is 470 g/mol. The van der Waals surface area contributed by atoms with Gasteiger partial charge in [-0.25, -0.2) is 9.37 Å².